The molecule has 6 heteroatoms. The summed E-state index contributed by atoms with van der Waals surface area (Å²) in [6, 6.07) is 10.8. The number of pyridine rings is 1. The molecule has 1 atom stereocenters. The van der Waals surface area contributed by atoms with Crippen molar-refractivity contribution in [2.45, 2.75) is 32.9 Å². The number of hydrogen-bond acceptors (Lipinski definition) is 5. The third kappa shape index (κ3) is 5.81. The SMILES string of the molecule is CCOC(=O)C=Cc1cnc(N[C@@H]2CCN(Cc3cccc(C)c3)C2)c(Cl)c1. The highest BCUT2D eigenvalue weighted by molar-refractivity contribution is 6.33. The van der Waals surface area contributed by atoms with Crippen molar-refractivity contribution in [2.75, 3.05) is 25.0 Å². The Labute approximate surface area is 171 Å². The third-order valence-corrected chi connectivity index (χ3v) is 4.95. The van der Waals surface area contributed by atoms with E-state index in [2.05, 4.69) is 46.4 Å². The van der Waals surface area contributed by atoms with Gasteiger partial charge in [0.15, 0.2) is 0 Å². The average molecular weight is 400 g/mol. The zero-order valence-electron chi connectivity index (χ0n) is 16.3. The first-order chi connectivity index (χ1) is 13.5. The maximum absolute atomic E-state index is 11.4. The van der Waals surface area contributed by atoms with Crippen LogP contribution in [-0.2, 0) is 16.1 Å². The number of nitrogens with zero attached hydrogens (tertiary/aromatic N) is 2. The summed E-state index contributed by atoms with van der Waals surface area (Å²) in [5.41, 5.74) is 3.39. The second kappa shape index (κ2) is 9.71. The second-order valence-corrected chi connectivity index (χ2v) is 7.45. The Hall–Kier alpha value is -2.37. The summed E-state index contributed by atoms with van der Waals surface area (Å²) in [6.07, 6.45) is 5.78. The van der Waals surface area contributed by atoms with Crippen LogP contribution in [0, 0.1) is 6.92 Å². The van der Waals surface area contributed by atoms with E-state index in [1.807, 2.05) is 0 Å². The number of carbonyl (C=O) groups excluding carboxylic acids is 1. The molecule has 28 heavy (non-hydrogen) atoms. The normalized spacial score (nSPS) is 17.2. The molecule has 0 bridgehead atoms. The van der Waals surface area contributed by atoms with Crippen molar-refractivity contribution in [3.63, 3.8) is 0 Å². The Kier molecular flexibility index (Phi) is 7.06. The minimum absolute atomic E-state index is 0.315. The first-order valence-corrected chi connectivity index (χ1v) is 9.96. The monoisotopic (exact) mass is 399 g/mol. The molecule has 0 aliphatic carbocycles. The fourth-order valence-electron chi connectivity index (χ4n) is 3.36. The van der Waals surface area contributed by atoms with Gasteiger partial charge in [-0.3, -0.25) is 4.90 Å². The lowest BCUT2D eigenvalue weighted by Gasteiger charge is -2.18. The standard InChI is InChI=1S/C22H26ClN3O2/c1-3-28-21(27)8-7-17-12-20(23)22(24-13-17)25-19-9-10-26(15-19)14-18-6-4-5-16(2)11-18/h4-8,11-13,19H,3,9-10,14-15H2,1-2H3,(H,24,25)/t19-/m1/s1. The lowest BCUT2D eigenvalue weighted by atomic mass is 10.1. The van der Waals surface area contributed by atoms with Crippen LogP contribution in [-0.4, -0.2) is 41.6 Å². The van der Waals surface area contributed by atoms with E-state index in [1.54, 1.807) is 25.3 Å². The van der Waals surface area contributed by atoms with Crippen LogP contribution in [0.5, 0.6) is 0 Å². The van der Waals surface area contributed by atoms with E-state index < -0.39 is 0 Å². The van der Waals surface area contributed by atoms with E-state index in [0.29, 0.717) is 23.5 Å². The zero-order valence-corrected chi connectivity index (χ0v) is 17.1. The number of nitrogens with one attached hydrogen (secondary N) is 1. The van der Waals surface area contributed by atoms with Gasteiger partial charge in [-0.1, -0.05) is 41.4 Å². The van der Waals surface area contributed by atoms with Gasteiger partial charge in [0.2, 0.25) is 0 Å². The highest BCUT2D eigenvalue weighted by Gasteiger charge is 2.23. The third-order valence-electron chi connectivity index (χ3n) is 4.66. The molecule has 1 saturated heterocycles. The highest BCUT2D eigenvalue weighted by Crippen LogP contribution is 2.24. The van der Waals surface area contributed by atoms with Gasteiger partial charge in [0.25, 0.3) is 0 Å². The molecular formula is C22H26ClN3O2. The summed E-state index contributed by atoms with van der Waals surface area (Å²) in [6.45, 7) is 7.21. The van der Waals surface area contributed by atoms with Gasteiger partial charge in [-0.15, -0.1) is 0 Å². The summed E-state index contributed by atoms with van der Waals surface area (Å²) in [5, 5.41) is 3.99. The average Bonchev–Trinajstić information content (AvgIpc) is 3.09. The number of benzene rings is 1. The molecule has 2 heterocycles. The molecule has 148 valence electrons. The van der Waals surface area contributed by atoms with Gasteiger partial charge in [-0.05, 0) is 43.5 Å². The molecule has 0 spiro atoms. The smallest absolute Gasteiger partial charge is 0.330 e. The Morgan fingerprint density at radius 3 is 3.04 bits per heavy atom. The first-order valence-electron chi connectivity index (χ1n) is 9.58. The number of ether oxygens (including phenoxy) is 1. The zero-order chi connectivity index (χ0) is 19.9. The van der Waals surface area contributed by atoms with Crippen LogP contribution >= 0.6 is 11.6 Å². The first kappa shape index (κ1) is 20.4. The van der Waals surface area contributed by atoms with Crippen LogP contribution in [0.25, 0.3) is 6.08 Å². The minimum Gasteiger partial charge on any atom is -0.463 e. The van der Waals surface area contributed by atoms with Gasteiger partial charge in [0.1, 0.15) is 5.82 Å². The number of aromatic nitrogens is 1. The Balaban J connectivity index is 1.55. The van der Waals surface area contributed by atoms with Gasteiger partial charge in [0, 0.05) is 37.9 Å². The highest BCUT2D eigenvalue weighted by atomic mass is 35.5. The summed E-state index contributed by atoms with van der Waals surface area (Å²) in [5.74, 6) is 0.304. The molecule has 0 amide bonds. The van der Waals surface area contributed by atoms with Crippen LogP contribution in [0.3, 0.4) is 0 Å². The summed E-state index contributed by atoms with van der Waals surface area (Å²) in [4.78, 5) is 18.3. The largest absolute Gasteiger partial charge is 0.463 e. The van der Waals surface area contributed by atoms with E-state index in [9.17, 15) is 4.79 Å². The number of anilines is 1. The maximum Gasteiger partial charge on any atom is 0.330 e. The molecule has 0 unspecified atom stereocenters. The van der Waals surface area contributed by atoms with Gasteiger partial charge in [-0.2, -0.15) is 0 Å². The molecular weight excluding hydrogens is 374 g/mol. The molecule has 1 aromatic carbocycles. The van der Waals surface area contributed by atoms with Crippen LogP contribution < -0.4 is 5.32 Å². The molecule has 0 radical (unpaired) electrons. The number of hydrogen-bond donors (Lipinski definition) is 1. The molecule has 1 N–H and O–H groups in total. The van der Waals surface area contributed by atoms with E-state index in [0.717, 1.165) is 31.6 Å². The summed E-state index contributed by atoms with van der Waals surface area (Å²) in [7, 11) is 0. The van der Waals surface area contributed by atoms with Crippen LogP contribution in [0.4, 0.5) is 5.82 Å². The minimum atomic E-state index is -0.375. The molecule has 2 aromatic rings. The lowest BCUT2D eigenvalue weighted by Crippen LogP contribution is -2.26. The predicted molar refractivity (Wildman–Crippen MR) is 113 cm³/mol. The summed E-state index contributed by atoms with van der Waals surface area (Å²) >= 11 is 6.38. The van der Waals surface area contributed by atoms with Gasteiger partial charge in [-0.25, -0.2) is 9.78 Å². The number of halogens is 1. The fraction of sp³-hybridized carbons (Fsp3) is 0.364. The lowest BCUT2D eigenvalue weighted by molar-refractivity contribution is -0.137. The van der Waals surface area contributed by atoms with Crippen molar-refractivity contribution in [3.8, 4) is 0 Å². The quantitative estimate of drug-likeness (QED) is 0.555. The van der Waals surface area contributed by atoms with Crippen molar-refractivity contribution >= 4 is 29.5 Å². The molecule has 1 aliphatic rings. The molecule has 0 saturated carbocycles. The fourth-order valence-corrected chi connectivity index (χ4v) is 3.59. The second-order valence-electron chi connectivity index (χ2n) is 7.04. The molecule has 5 nitrogen and oxygen atoms in total. The number of carbonyl (C=O) groups is 1. The van der Waals surface area contributed by atoms with E-state index in [-0.39, 0.29) is 5.97 Å². The van der Waals surface area contributed by atoms with Crippen molar-refractivity contribution < 1.29 is 9.53 Å². The molecule has 3 rings (SSSR count). The maximum atomic E-state index is 11.4. The van der Waals surface area contributed by atoms with Crippen molar-refractivity contribution in [1.82, 2.24) is 9.88 Å². The van der Waals surface area contributed by atoms with Gasteiger partial charge < -0.3 is 10.1 Å². The number of likely N-dealkylation sites (tertiary alicyclic amines) is 1. The van der Waals surface area contributed by atoms with E-state index in [1.165, 1.54) is 17.2 Å². The van der Waals surface area contributed by atoms with Gasteiger partial charge in [0.05, 0.1) is 11.6 Å². The van der Waals surface area contributed by atoms with Crippen LogP contribution in [0.2, 0.25) is 5.02 Å². The number of esters is 1. The molecule has 1 fully saturated rings. The van der Waals surface area contributed by atoms with Crippen LogP contribution in [0.15, 0.2) is 42.6 Å². The molecule has 1 aliphatic heterocycles. The van der Waals surface area contributed by atoms with Crippen molar-refractivity contribution in [3.05, 3.63) is 64.3 Å². The number of aryl methyl sites for hydroxylation is 1. The van der Waals surface area contributed by atoms with Gasteiger partial charge >= 0.3 is 5.97 Å². The van der Waals surface area contributed by atoms with Crippen molar-refractivity contribution in [2.24, 2.45) is 0 Å². The predicted octanol–water partition coefficient (Wildman–Crippen LogP) is 4.31. The topological polar surface area (TPSA) is 54.5 Å². The Morgan fingerprint density at radius 1 is 1.43 bits per heavy atom. The summed E-state index contributed by atoms with van der Waals surface area (Å²) < 4.78 is 4.87. The van der Waals surface area contributed by atoms with Crippen molar-refractivity contribution in [1.29, 1.82) is 0 Å². The van der Waals surface area contributed by atoms with E-state index >= 15 is 0 Å². The molecule has 1 aromatic heterocycles. The van der Waals surface area contributed by atoms with Crippen LogP contribution in [0.1, 0.15) is 30.0 Å². The van der Waals surface area contributed by atoms with E-state index in [4.69, 9.17) is 16.3 Å². The number of rotatable bonds is 7. The Morgan fingerprint density at radius 2 is 2.29 bits per heavy atom. The Bertz CT molecular complexity index is 853.